The second-order valence-electron chi connectivity index (χ2n) is 6.71. The van der Waals surface area contributed by atoms with Gasteiger partial charge in [-0.05, 0) is 31.2 Å². The monoisotopic (exact) mass is 366 g/mol. The molecular formula is C22H18N6. The quantitative estimate of drug-likeness (QED) is 0.482. The van der Waals surface area contributed by atoms with Crippen LogP contribution in [0.15, 0.2) is 78.9 Å². The van der Waals surface area contributed by atoms with Gasteiger partial charge in [-0.2, -0.15) is 0 Å². The van der Waals surface area contributed by atoms with E-state index >= 15 is 0 Å². The Morgan fingerprint density at radius 3 is 2.32 bits per heavy atom. The minimum Gasteiger partial charge on any atom is -0.277 e. The maximum absolute atomic E-state index is 4.50. The highest BCUT2D eigenvalue weighted by Gasteiger charge is 2.17. The van der Waals surface area contributed by atoms with Gasteiger partial charge in [-0.3, -0.25) is 4.57 Å². The van der Waals surface area contributed by atoms with Crippen LogP contribution >= 0.6 is 0 Å². The van der Waals surface area contributed by atoms with Gasteiger partial charge in [-0.1, -0.05) is 65.4 Å². The molecule has 5 aromatic rings. The van der Waals surface area contributed by atoms with Crippen molar-refractivity contribution in [2.75, 3.05) is 0 Å². The lowest BCUT2D eigenvalue weighted by Gasteiger charge is -2.11. The van der Waals surface area contributed by atoms with Gasteiger partial charge in [-0.15, -0.1) is 15.3 Å². The first-order valence-corrected chi connectivity index (χ1v) is 9.14. The van der Waals surface area contributed by atoms with E-state index in [2.05, 4.69) is 68.4 Å². The Hall–Kier alpha value is -3.80. The summed E-state index contributed by atoms with van der Waals surface area (Å²) in [6, 6.07) is 26.4. The summed E-state index contributed by atoms with van der Waals surface area (Å²) < 4.78 is 3.94. The maximum Gasteiger partial charge on any atom is 0.168 e. The molecule has 2 aromatic heterocycles. The number of aromatic nitrogens is 6. The normalized spacial score (nSPS) is 11.2. The molecule has 0 unspecified atom stereocenters. The summed E-state index contributed by atoms with van der Waals surface area (Å²) in [5.74, 6) is 1.61. The molecule has 0 fully saturated rings. The molecule has 0 spiro atoms. The van der Waals surface area contributed by atoms with Crippen LogP contribution in [-0.4, -0.2) is 29.8 Å². The number of para-hydroxylation sites is 2. The standard InChI is InChI=1S/C22H18N6/c1-16-11-13-17(14-12-16)22-25-24-21(28(22)18-7-3-2-4-8-18)15-27-20-10-6-5-9-19(20)23-26-27/h2-14H,15H2,1H3. The van der Waals surface area contributed by atoms with Gasteiger partial charge in [0.1, 0.15) is 12.1 Å². The molecule has 0 radical (unpaired) electrons. The highest BCUT2D eigenvalue weighted by Crippen LogP contribution is 2.24. The van der Waals surface area contributed by atoms with Gasteiger partial charge < -0.3 is 0 Å². The van der Waals surface area contributed by atoms with Crippen molar-refractivity contribution in [3.63, 3.8) is 0 Å². The molecule has 0 N–H and O–H groups in total. The molecule has 0 saturated carbocycles. The van der Waals surface area contributed by atoms with Gasteiger partial charge in [0.25, 0.3) is 0 Å². The van der Waals surface area contributed by atoms with Gasteiger partial charge in [0.15, 0.2) is 11.6 Å². The second-order valence-corrected chi connectivity index (χ2v) is 6.71. The number of rotatable bonds is 4. The average Bonchev–Trinajstić information content (AvgIpc) is 3.34. The van der Waals surface area contributed by atoms with Crippen molar-refractivity contribution in [2.24, 2.45) is 0 Å². The minimum absolute atomic E-state index is 0.480. The van der Waals surface area contributed by atoms with Gasteiger partial charge in [0, 0.05) is 11.3 Å². The molecule has 2 heterocycles. The van der Waals surface area contributed by atoms with Crippen LogP contribution in [0.5, 0.6) is 0 Å². The zero-order valence-electron chi connectivity index (χ0n) is 15.4. The number of hydrogen-bond donors (Lipinski definition) is 0. The van der Waals surface area contributed by atoms with Gasteiger partial charge >= 0.3 is 0 Å². The summed E-state index contributed by atoms with van der Waals surface area (Å²) in [7, 11) is 0. The Labute approximate surface area is 162 Å². The molecule has 5 rings (SSSR count). The van der Waals surface area contributed by atoms with Crippen LogP contribution in [0, 0.1) is 6.92 Å². The summed E-state index contributed by atoms with van der Waals surface area (Å²) in [5.41, 5.74) is 5.09. The van der Waals surface area contributed by atoms with Crippen LogP contribution < -0.4 is 0 Å². The van der Waals surface area contributed by atoms with Crippen LogP contribution in [0.3, 0.4) is 0 Å². The van der Waals surface area contributed by atoms with Gasteiger partial charge in [0.05, 0.1) is 5.52 Å². The third-order valence-corrected chi connectivity index (χ3v) is 4.77. The molecule has 6 heteroatoms. The molecular weight excluding hydrogens is 348 g/mol. The molecule has 0 atom stereocenters. The SMILES string of the molecule is Cc1ccc(-c2nnc(Cn3nnc4ccccc43)n2-c2ccccc2)cc1. The molecule has 136 valence electrons. The number of aryl methyl sites for hydroxylation is 1. The second kappa shape index (κ2) is 6.74. The van der Waals surface area contributed by atoms with E-state index in [9.17, 15) is 0 Å². The molecule has 0 bridgehead atoms. The molecule has 0 saturated heterocycles. The van der Waals surface area contributed by atoms with E-state index < -0.39 is 0 Å². The maximum atomic E-state index is 4.50. The van der Waals surface area contributed by atoms with Crippen molar-refractivity contribution < 1.29 is 0 Å². The van der Waals surface area contributed by atoms with E-state index in [4.69, 9.17) is 0 Å². The summed E-state index contributed by atoms with van der Waals surface area (Å²) in [5, 5.41) is 17.6. The first kappa shape index (κ1) is 16.4. The number of fused-ring (bicyclic) bond motifs is 1. The van der Waals surface area contributed by atoms with Crippen LogP contribution in [0.2, 0.25) is 0 Å². The lowest BCUT2D eigenvalue weighted by molar-refractivity contribution is 0.634. The first-order chi connectivity index (χ1) is 13.8. The highest BCUT2D eigenvalue weighted by molar-refractivity contribution is 5.73. The van der Waals surface area contributed by atoms with Crippen molar-refractivity contribution in [1.29, 1.82) is 0 Å². The van der Waals surface area contributed by atoms with Crippen LogP contribution in [-0.2, 0) is 6.54 Å². The summed E-state index contributed by atoms with van der Waals surface area (Å²) in [6.45, 7) is 2.56. The Balaban J connectivity index is 1.65. The molecule has 0 amide bonds. The van der Waals surface area contributed by atoms with Crippen molar-refractivity contribution >= 4 is 11.0 Å². The van der Waals surface area contributed by atoms with E-state index in [0.717, 1.165) is 33.9 Å². The van der Waals surface area contributed by atoms with Crippen molar-refractivity contribution in [3.05, 3.63) is 90.3 Å². The summed E-state index contributed by atoms with van der Waals surface area (Å²) in [6.07, 6.45) is 0. The third-order valence-electron chi connectivity index (χ3n) is 4.77. The van der Waals surface area contributed by atoms with E-state index in [1.54, 1.807) is 0 Å². The molecule has 28 heavy (non-hydrogen) atoms. The van der Waals surface area contributed by atoms with Crippen molar-refractivity contribution in [3.8, 4) is 17.1 Å². The van der Waals surface area contributed by atoms with Crippen LogP contribution in [0.1, 0.15) is 11.4 Å². The third kappa shape index (κ3) is 2.85. The fraction of sp³-hybridized carbons (Fsp3) is 0.0909. The number of benzene rings is 3. The van der Waals surface area contributed by atoms with Crippen molar-refractivity contribution in [2.45, 2.75) is 13.5 Å². The fourth-order valence-corrected chi connectivity index (χ4v) is 3.33. The molecule has 3 aromatic carbocycles. The molecule has 6 nitrogen and oxygen atoms in total. The Morgan fingerprint density at radius 2 is 1.50 bits per heavy atom. The Kier molecular flexibility index (Phi) is 3.94. The Bertz CT molecular complexity index is 1240. The minimum atomic E-state index is 0.480. The predicted molar refractivity (Wildman–Crippen MR) is 108 cm³/mol. The Morgan fingerprint density at radius 1 is 0.750 bits per heavy atom. The summed E-state index contributed by atoms with van der Waals surface area (Å²) >= 11 is 0. The zero-order valence-corrected chi connectivity index (χ0v) is 15.4. The topological polar surface area (TPSA) is 61.4 Å². The highest BCUT2D eigenvalue weighted by atomic mass is 15.4. The van der Waals surface area contributed by atoms with Crippen molar-refractivity contribution in [1.82, 2.24) is 29.8 Å². The number of hydrogen-bond acceptors (Lipinski definition) is 4. The van der Waals surface area contributed by atoms with Gasteiger partial charge in [-0.25, -0.2) is 4.68 Å². The van der Waals surface area contributed by atoms with Crippen LogP contribution in [0.4, 0.5) is 0 Å². The molecule has 0 aliphatic rings. The average molecular weight is 366 g/mol. The number of nitrogens with zero attached hydrogens (tertiary/aromatic N) is 6. The van der Waals surface area contributed by atoms with E-state index in [1.165, 1.54) is 5.56 Å². The summed E-state index contributed by atoms with van der Waals surface area (Å²) in [4.78, 5) is 0. The van der Waals surface area contributed by atoms with E-state index in [1.807, 2.05) is 47.1 Å². The largest absolute Gasteiger partial charge is 0.277 e. The first-order valence-electron chi connectivity index (χ1n) is 9.14. The van der Waals surface area contributed by atoms with E-state index in [-0.39, 0.29) is 0 Å². The molecule has 0 aliphatic heterocycles. The lowest BCUT2D eigenvalue weighted by Crippen LogP contribution is -2.09. The van der Waals surface area contributed by atoms with E-state index in [0.29, 0.717) is 6.54 Å². The zero-order chi connectivity index (χ0) is 18.9. The fourth-order valence-electron chi connectivity index (χ4n) is 3.33. The van der Waals surface area contributed by atoms with Crippen LogP contribution in [0.25, 0.3) is 28.1 Å². The smallest absolute Gasteiger partial charge is 0.168 e. The lowest BCUT2D eigenvalue weighted by atomic mass is 10.1. The molecule has 0 aliphatic carbocycles. The predicted octanol–water partition coefficient (Wildman–Crippen LogP) is 4.04. The van der Waals surface area contributed by atoms with Gasteiger partial charge in [0.2, 0.25) is 0 Å².